The van der Waals surface area contributed by atoms with Crippen molar-refractivity contribution in [1.82, 2.24) is 14.5 Å². The third-order valence-electron chi connectivity index (χ3n) is 12.4. The predicted octanol–water partition coefficient (Wildman–Crippen LogP) is 9.88. The van der Waals surface area contributed by atoms with E-state index in [1.807, 2.05) is 54.6 Å². The molecule has 1 amide bonds. The Balaban J connectivity index is 0.000000591. The summed E-state index contributed by atoms with van der Waals surface area (Å²) in [5.74, 6) is -0.989. The van der Waals surface area contributed by atoms with Gasteiger partial charge in [-0.15, -0.1) is 11.8 Å². The van der Waals surface area contributed by atoms with E-state index in [-0.39, 0.29) is 34.0 Å². The Hall–Kier alpha value is -4.39. The van der Waals surface area contributed by atoms with Crippen molar-refractivity contribution in [2.75, 3.05) is 74.9 Å². The number of benzene rings is 4. The number of alkyl halides is 3. The van der Waals surface area contributed by atoms with E-state index in [9.17, 15) is 35.4 Å². The summed E-state index contributed by atoms with van der Waals surface area (Å²) in [6.07, 6.45) is 4.87. The Morgan fingerprint density at radius 2 is 1.55 bits per heavy atom. The minimum atomic E-state index is -5.81. The molecule has 67 heavy (non-hydrogen) atoms. The van der Waals surface area contributed by atoms with Crippen LogP contribution in [0.2, 0.25) is 5.02 Å². The van der Waals surface area contributed by atoms with Crippen LogP contribution in [-0.4, -0.2) is 110 Å². The van der Waals surface area contributed by atoms with Crippen LogP contribution in [0.3, 0.4) is 0 Å². The molecule has 1 atom stereocenters. The number of carbonyl (C=O) groups is 2. The van der Waals surface area contributed by atoms with Gasteiger partial charge in [0.05, 0.1) is 16.5 Å². The minimum absolute atomic E-state index is 0.0854. The molecule has 2 heterocycles. The summed E-state index contributed by atoms with van der Waals surface area (Å²) in [6, 6.07) is 27.3. The summed E-state index contributed by atoms with van der Waals surface area (Å²) in [6.45, 7) is 14.1. The molecular weight excluding hydrogens is 943 g/mol. The number of carboxylic acids is 1. The van der Waals surface area contributed by atoms with E-state index in [2.05, 4.69) is 57.6 Å². The molecule has 3 aliphatic rings. The first-order chi connectivity index (χ1) is 31.8. The first-order valence-corrected chi connectivity index (χ1v) is 26.4. The van der Waals surface area contributed by atoms with E-state index in [1.165, 1.54) is 34.5 Å². The number of carbonyl (C=O) groups excluding carboxylic acids is 1. The molecule has 1 unspecified atom stereocenters. The topological polar surface area (TPSA) is 139 Å². The molecule has 11 nitrogen and oxygen atoms in total. The van der Waals surface area contributed by atoms with Gasteiger partial charge in [-0.05, 0) is 135 Å². The third kappa shape index (κ3) is 14.3. The summed E-state index contributed by atoms with van der Waals surface area (Å²) in [4.78, 5) is 30.2. The summed E-state index contributed by atoms with van der Waals surface area (Å²) in [7, 11) is -8.16. The highest BCUT2D eigenvalue weighted by molar-refractivity contribution is 7.99. The second-order valence-electron chi connectivity index (χ2n) is 17.7. The van der Waals surface area contributed by atoms with Crippen LogP contribution in [-0.2, 0) is 25.6 Å². The lowest BCUT2D eigenvalue weighted by Gasteiger charge is -2.39. The number of hydrogen-bond donors (Lipinski definition) is 3. The minimum Gasteiger partial charge on any atom is -0.481 e. The number of nitrogens with one attached hydrogen (secondary N) is 2. The van der Waals surface area contributed by atoms with Crippen LogP contribution in [0.15, 0.2) is 117 Å². The van der Waals surface area contributed by atoms with Gasteiger partial charge in [0.15, 0.2) is 11.0 Å². The van der Waals surface area contributed by atoms with Gasteiger partial charge in [0.1, 0.15) is 4.90 Å². The number of aliphatic carboxylic acids is 1. The van der Waals surface area contributed by atoms with Crippen LogP contribution in [0.5, 0.6) is 0 Å². The Labute approximate surface area is 404 Å². The number of hydrogen-bond acceptors (Lipinski definition) is 10. The van der Waals surface area contributed by atoms with Gasteiger partial charge < -0.3 is 20.2 Å². The van der Waals surface area contributed by atoms with Gasteiger partial charge in [-0.2, -0.15) is 13.2 Å². The molecule has 2 saturated heterocycles. The molecule has 0 radical (unpaired) electrons. The molecule has 2 fully saturated rings. The maximum absolute atomic E-state index is 13.7. The molecule has 0 saturated carbocycles. The lowest BCUT2D eigenvalue weighted by atomic mass is 9.73. The summed E-state index contributed by atoms with van der Waals surface area (Å²) < 4.78 is 81.6. The largest absolute Gasteiger partial charge is 0.501 e. The van der Waals surface area contributed by atoms with Crippen LogP contribution in [0.25, 0.3) is 5.57 Å². The number of sulfone groups is 1. The van der Waals surface area contributed by atoms with Crippen LogP contribution in [0, 0.1) is 11.3 Å². The molecule has 362 valence electrons. The van der Waals surface area contributed by atoms with Crippen molar-refractivity contribution in [2.24, 2.45) is 11.3 Å². The smallest absolute Gasteiger partial charge is 0.481 e. The zero-order valence-corrected chi connectivity index (χ0v) is 41.2. The molecule has 4 aromatic carbocycles. The average Bonchev–Trinajstić information content (AvgIpc) is 3.31. The number of piperazine rings is 1. The van der Waals surface area contributed by atoms with Crippen molar-refractivity contribution in [3.63, 3.8) is 0 Å². The van der Waals surface area contributed by atoms with Crippen molar-refractivity contribution in [3.8, 4) is 0 Å². The monoisotopic (exact) mass is 1000 g/mol. The molecule has 3 N–H and O–H groups in total. The van der Waals surface area contributed by atoms with Gasteiger partial charge in [-0.25, -0.2) is 12.6 Å². The van der Waals surface area contributed by atoms with E-state index in [1.54, 1.807) is 12.1 Å². The number of nitrogens with zero attached hydrogens (tertiary/aromatic N) is 3. The van der Waals surface area contributed by atoms with E-state index in [0.29, 0.717) is 11.8 Å². The number of rotatable bonds is 15. The van der Waals surface area contributed by atoms with Crippen molar-refractivity contribution < 1.29 is 40.5 Å². The fraction of sp³-hybridized carbons (Fsp3) is 0.429. The highest BCUT2D eigenvalue weighted by Crippen LogP contribution is 2.43. The van der Waals surface area contributed by atoms with Crippen LogP contribution < -0.4 is 14.9 Å². The Morgan fingerprint density at radius 3 is 2.16 bits per heavy atom. The van der Waals surface area contributed by atoms with Gasteiger partial charge in [0, 0.05) is 66.2 Å². The molecule has 18 heteroatoms. The van der Waals surface area contributed by atoms with Crippen LogP contribution >= 0.6 is 23.4 Å². The van der Waals surface area contributed by atoms with Crippen molar-refractivity contribution in [1.29, 1.82) is 0 Å². The van der Waals surface area contributed by atoms with Crippen LogP contribution in [0.1, 0.15) is 68.8 Å². The van der Waals surface area contributed by atoms with E-state index in [4.69, 9.17) is 16.7 Å². The molecule has 2 aliphatic heterocycles. The highest BCUT2D eigenvalue weighted by Gasteiger charge is 2.48. The van der Waals surface area contributed by atoms with Crippen molar-refractivity contribution in [2.45, 2.75) is 73.1 Å². The molecule has 1 aliphatic carbocycles. The quantitative estimate of drug-likeness (QED) is 0.0775. The lowest BCUT2D eigenvalue weighted by Crippen LogP contribution is -2.47. The van der Waals surface area contributed by atoms with Crippen molar-refractivity contribution in [3.05, 3.63) is 119 Å². The first kappa shape index (κ1) is 52.0. The zero-order valence-electron chi connectivity index (χ0n) is 38.0. The Kier molecular flexibility index (Phi) is 18.1. The van der Waals surface area contributed by atoms with E-state index >= 15 is 0 Å². The maximum atomic E-state index is 13.7. The average molecular weight is 1000 g/mol. The molecular formula is C49H59ClF3N5O6S3. The molecule has 0 aromatic heterocycles. The van der Waals surface area contributed by atoms with Gasteiger partial charge in [-0.3, -0.25) is 19.2 Å². The fourth-order valence-corrected chi connectivity index (χ4v) is 11.3. The Bertz CT molecular complexity index is 2480. The van der Waals surface area contributed by atoms with Gasteiger partial charge in [0.25, 0.3) is 15.7 Å². The maximum Gasteiger partial charge on any atom is 0.501 e. The zero-order chi connectivity index (χ0) is 48.4. The SMILES string of the molecule is CC1(C)CCC(c2ccc(Cl)cc2)=C(CN2CCN(c3ccc(C(=O)NS(=O)c4ccc(NCCSc5ccccc5)c(S(=O)(=O)C(F)(F)F)c4)cc3)CC2)C1.CCN1CCC(C(=O)O)CC1. The molecule has 0 spiro atoms. The molecule has 7 rings (SSSR count). The highest BCUT2D eigenvalue weighted by atomic mass is 35.5. The van der Waals surface area contributed by atoms with Crippen LogP contribution in [0.4, 0.5) is 24.5 Å². The number of halogens is 4. The van der Waals surface area contributed by atoms with E-state index in [0.717, 1.165) is 106 Å². The Morgan fingerprint density at radius 1 is 0.896 bits per heavy atom. The van der Waals surface area contributed by atoms with Gasteiger partial charge >= 0.3 is 11.5 Å². The summed E-state index contributed by atoms with van der Waals surface area (Å²) >= 11 is 7.62. The third-order valence-corrected chi connectivity index (χ3v) is 16.2. The number of piperidine rings is 1. The number of thioether (sulfide) groups is 1. The molecule has 4 aromatic rings. The number of allylic oxidation sites excluding steroid dienone is 1. The van der Waals surface area contributed by atoms with Gasteiger partial charge in [0.2, 0.25) is 0 Å². The summed E-state index contributed by atoms with van der Waals surface area (Å²) in [5.41, 5.74) is -0.375. The number of carboxylic acid groups (broad SMARTS) is 1. The fourth-order valence-electron chi connectivity index (χ4n) is 8.50. The number of anilines is 2. The van der Waals surface area contributed by atoms with Crippen molar-refractivity contribution >= 4 is 73.0 Å². The summed E-state index contributed by atoms with van der Waals surface area (Å²) in [5, 5.41) is 12.2. The first-order valence-electron chi connectivity index (χ1n) is 22.4. The standard InChI is InChI=1S/C41H44ClF3N4O4S3.C8H15NO2/c1-40(2)19-18-36(29-8-12-32(42)13-9-29)31(27-40)28-48-21-23-49(24-22-48)33-14-10-30(11-15-33)39(50)47-55(51)35-16-17-37(38(26-35)56(52,53)41(43,44)45)46-20-25-54-34-6-4-3-5-7-34;1-2-9-5-3-7(4-6-9)8(10)11/h3-17,26,46H,18-25,27-28H2,1-2H3,(H,47,50);7H,2-6H2,1H3,(H,10,11). The van der Waals surface area contributed by atoms with E-state index < -0.39 is 43.1 Å². The number of amides is 1. The van der Waals surface area contributed by atoms with Gasteiger partial charge in [-0.1, -0.05) is 68.3 Å². The lowest BCUT2D eigenvalue weighted by molar-refractivity contribution is -0.143. The second kappa shape index (κ2) is 23.3. The second-order valence-corrected chi connectivity index (χ2v) is 22.4. The number of likely N-dealkylation sites (tertiary alicyclic amines) is 1. The molecule has 0 bridgehead atoms. The normalized spacial score (nSPS) is 17.9. The predicted molar refractivity (Wildman–Crippen MR) is 263 cm³/mol.